The highest BCUT2D eigenvalue weighted by molar-refractivity contribution is 7.99. The van der Waals surface area contributed by atoms with E-state index in [1.165, 1.54) is 0 Å². The van der Waals surface area contributed by atoms with E-state index in [1.807, 2.05) is 24.3 Å². The number of hydrogen-bond donors (Lipinski definition) is 1. The molecule has 1 N–H and O–H groups in total. The highest BCUT2D eigenvalue weighted by Crippen LogP contribution is 2.48. The summed E-state index contributed by atoms with van der Waals surface area (Å²) < 4.78 is 16.0. The maximum Gasteiger partial charge on any atom is 0.256 e. The third kappa shape index (κ3) is 3.27. The first kappa shape index (κ1) is 19.4. The predicted octanol–water partition coefficient (Wildman–Crippen LogP) is 2.60. The van der Waals surface area contributed by atoms with E-state index in [2.05, 4.69) is 5.32 Å². The van der Waals surface area contributed by atoms with Crippen LogP contribution in [0.4, 0.5) is 0 Å². The summed E-state index contributed by atoms with van der Waals surface area (Å²) in [5.74, 6) is 1.88. The van der Waals surface area contributed by atoms with Crippen LogP contribution in [0.15, 0.2) is 36.4 Å². The number of hydrogen-bond acceptors (Lipinski definition) is 6. The standard InChI is InChI=1S/C21H22N2O5S/c1-26-16-8-12(9-17(27-2)18(16)28-3)10-22-19(24)15-11-29-21-14-7-5-4-6-13(14)20(25)23(15)21/h4-9,15,21H,10-11H2,1-3H3,(H,22,24)/t15-,21+/m1/s1. The van der Waals surface area contributed by atoms with Crippen LogP contribution < -0.4 is 19.5 Å². The van der Waals surface area contributed by atoms with Gasteiger partial charge in [0.05, 0.1) is 21.3 Å². The fraction of sp³-hybridized carbons (Fsp3) is 0.333. The van der Waals surface area contributed by atoms with Gasteiger partial charge in [-0.3, -0.25) is 9.59 Å². The molecule has 8 heteroatoms. The monoisotopic (exact) mass is 414 g/mol. The van der Waals surface area contributed by atoms with Crippen LogP contribution in [0.25, 0.3) is 0 Å². The molecule has 0 spiro atoms. The Bertz CT molecular complexity index is 939. The number of thioether (sulfide) groups is 1. The first-order valence-electron chi connectivity index (χ1n) is 9.18. The second-order valence-corrected chi connectivity index (χ2v) is 7.87. The predicted molar refractivity (Wildman–Crippen MR) is 110 cm³/mol. The minimum Gasteiger partial charge on any atom is -0.493 e. The number of nitrogens with zero attached hydrogens (tertiary/aromatic N) is 1. The van der Waals surface area contributed by atoms with Gasteiger partial charge in [0.25, 0.3) is 5.91 Å². The minimum absolute atomic E-state index is 0.0801. The normalized spacial score (nSPS) is 19.6. The lowest BCUT2D eigenvalue weighted by Crippen LogP contribution is -2.45. The van der Waals surface area contributed by atoms with Gasteiger partial charge in [-0.25, -0.2) is 0 Å². The van der Waals surface area contributed by atoms with Gasteiger partial charge >= 0.3 is 0 Å². The number of nitrogens with one attached hydrogen (secondary N) is 1. The molecule has 2 aliphatic heterocycles. The van der Waals surface area contributed by atoms with Gasteiger partial charge in [0, 0.05) is 17.9 Å². The quantitative estimate of drug-likeness (QED) is 0.783. The van der Waals surface area contributed by atoms with E-state index < -0.39 is 6.04 Å². The average Bonchev–Trinajstić information content (AvgIpc) is 3.31. The highest BCUT2D eigenvalue weighted by Gasteiger charge is 2.48. The molecule has 2 aliphatic rings. The fourth-order valence-electron chi connectivity index (χ4n) is 3.79. The number of fused-ring (bicyclic) bond motifs is 3. The summed E-state index contributed by atoms with van der Waals surface area (Å²) in [6.07, 6.45) is 0. The van der Waals surface area contributed by atoms with Crippen molar-refractivity contribution in [3.8, 4) is 17.2 Å². The van der Waals surface area contributed by atoms with Crippen molar-refractivity contribution in [2.45, 2.75) is 18.0 Å². The van der Waals surface area contributed by atoms with E-state index in [9.17, 15) is 9.59 Å². The number of methoxy groups -OCH3 is 3. The third-order valence-electron chi connectivity index (χ3n) is 5.19. The molecule has 0 aliphatic carbocycles. The number of rotatable bonds is 6. The third-order valence-corrected chi connectivity index (χ3v) is 6.49. The van der Waals surface area contributed by atoms with Crippen molar-refractivity contribution >= 4 is 23.6 Å². The first-order valence-corrected chi connectivity index (χ1v) is 10.2. The van der Waals surface area contributed by atoms with Crippen molar-refractivity contribution in [3.05, 3.63) is 53.1 Å². The molecule has 1 saturated heterocycles. The smallest absolute Gasteiger partial charge is 0.256 e. The Morgan fingerprint density at radius 3 is 2.48 bits per heavy atom. The topological polar surface area (TPSA) is 77.1 Å². The van der Waals surface area contributed by atoms with Gasteiger partial charge in [-0.05, 0) is 29.3 Å². The summed E-state index contributed by atoms with van der Waals surface area (Å²) in [7, 11) is 4.64. The Kier molecular flexibility index (Phi) is 5.27. The molecule has 0 unspecified atom stereocenters. The van der Waals surface area contributed by atoms with Crippen LogP contribution in [0.5, 0.6) is 17.2 Å². The van der Waals surface area contributed by atoms with E-state index in [1.54, 1.807) is 50.1 Å². The molecular weight excluding hydrogens is 392 g/mol. The fourth-order valence-corrected chi connectivity index (χ4v) is 5.25. The minimum atomic E-state index is -0.494. The highest BCUT2D eigenvalue weighted by atomic mass is 32.2. The summed E-state index contributed by atoms with van der Waals surface area (Å²) in [5.41, 5.74) is 2.49. The van der Waals surface area contributed by atoms with Gasteiger partial charge in [-0.2, -0.15) is 0 Å². The van der Waals surface area contributed by atoms with Crippen molar-refractivity contribution in [2.24, 2.45) is 0 Å². The molecule has 152 valence electrons. The number of amides is 2. The summed E-state index contributed by atoms with van der Waals surface area (Å²) in [5, 5.41) is 2.86. The molecule has 1 fully saturated rings. The van der Waals surface area contributed by atoms with Crippen LogP contribution in [0.3, 0.4) is 0 Å². The second kappa shape index (κ2) is 7.87. The Morgan fingerprint density at radius 1 is 1.14 bits per heavy atom. The first-order chi connectivity index (χ1) is 14.1. The van der Waals surface area contributed by atoms with E-state index in [0.29, 0.717) is 28.6 Å². The zero-order valence-electron chi connectivity index (χ0n) is 16.4. The lowest BCUT2D eigenvalue weighted by atomic mass is 10.1. The molecule has 0 saturated carbocycles. The van der Waals surface area contributed by atoms with Crippen molar-refractivity contribution in [1.82, 2.24) is 10.2 Å². The van der Waals surface area contributed by atoms with Crippen LogP contribution in [0.2, 0.25) is 0 Å². The molecular formula is C21H22N2O5S. The molecule has 0 radical (unpaired) electrons. The van der Waals surface area contributed by atoms with E-state index in [0.717, 1.165) is 11.1 Å². The van der Waals surface area contributed by atoms with Gasteiger partial charge in [-0.15, -0.1) is 11.8 Å². The van der Waals surface area contributed by atoms with Crippen LogP contribution in [-0.4, -0.2) is 49.8 Å². The molecule has 4 rings (SSSR count). The Labute approximate surface area is 173 Å². The van der Waals surface area contributed by atoms with E-state index >= 15 is 0 Å². The van der Waals surface area contributed by atoms with Gasteiger partial charge < -0.3 is 24.4 Å². The van der Waals surface area contributed by atoms with Gasteiger partial charge in [-0.1, -0.05) is 18.2 Å². The maximum absolute atomic E-state index is 12.9. The van der Waals surface area contributed by atoms with Crippen LogP contribution in [-0.2, 0) is 11.3 Å². The second-order valence-electron chi connectivity index (χ2n) is 6.75. The zero-order valence-corrected chi connectivity index (χ0v) is 17.2. The van der Waals surface area contributed by atoms with E-state index in [4.69, 9.17) is 14.2 Å². The van der Waals surface area contributed by atoms with Crippen molar-refractivity contribution in [2.75, 3.05) is 27.1 Å². The zero-order chi connectivity index (χ0) is 20.5. The lowest BCUT2D eigenvalue weighted by Gasteiger charge is -2.22. The Morgan fingerprint density at radius 2 is 1.83 bits per heavy atom. The number of ether oxygens (including phenoxy) is 3. The average molecular weight is 414 g/mol. The molecule has 2 aromatic carbocycles. The molecule has 29 heavy (non-hydrogen) atoms. The van der Waals surface area contributed by atoms with Crippen molar-refractivity contribution in [1.29, 1.82) is 0 Å². The molecule has 2 amide bonds. The van der Waals surface area contributed by atoms with Crippen molar-refractivity contribution in [3.63, 3.8) is 0 Å². The number of carbonyl (C=O) groups is 2. The van der Waals surface area contributed by atoms with Crippen molar-refractivity contribution < 1.29 is 23.8 Å². The summed E-state index contributed by atoms with van der Waals surface area (Å²) in [6.45, 7) is 0.288. The number of carbonyl (C=O) groups excluding carboxylic acids is 2. The van der Waals surface area contributed by atoms with Gasteiger partial charge in [0.1, 0.15) is 11.4 Å². The molecule has 0 aromatic heterocycles. The summed E-state index contributed by atoms with van der Waals surface area (Å²) >= 11 is 1.62. The lowest BCUT2D eigenvalue weighted by molar-refractivity contribution is -0.124. The van der Waals surface area contributed by atoms with E-state index in [-0.39, 0.29) is 23.7 Å². The Balaban J connectivity index is 1.48. The Hall–Kier alpha value is -2.87. The molecule has 2 heterocycles. The molecule has 2 aromatic rings. The maximum atomic E-state index is 12.9. The largest absolute Gasteiger partial charge is 0.493 e. The van der Waals surface area contributed by atoms with Crippen LogP contribution in [0, 0.1) is 0 Å². The summed E-state index contributed by atoms with van der Waals surface area (Å²) in [6, 6.07) is 10.7. The molecule has 0 bridgehead atoms. The SMILES string of the molecule is COc1cc(CNC(=O)[C@H]2CS[C@H]3c4ccccc4C(=O)N23)cc(OC)c1OC. The number of benzene rings is 2. The van der Waals surface area contributed by atoms with Crippen LogP contribution >= 0.6 is 11.8 Å². The summed E-state index contributed by atoms with van der Waals surface area (Å²) in [4.78, 5) is 27.4. The van der Waals surface area contributed by atoms with Gasteiger partial charge in [0.15, 0.2) is 11.5 Å². The molecule has 2 atom stereocenters. The van der Waals surface area contributed by atoms with Gasteiger partial charge in [0.2, 0.25) is 11.7 Å². The van der Waals surface area contributed by atoms with Crippen LogP contribution in [0.1, 0.15) is 26.9 Å². The molecule has 7 nitrogen and oxygen atoms in total.